The second-order valence-corrected chi connectivity index (χ2v) is 16.3. The SMILES string of the molecule is CC1CCC2(OC1)OC1CC3C4CCC5CC(O)CCC5(C)C4=CCC3(C)C1C2C.CCCCCCc1ccc(O)cc1O. The number of aliphatic hydroxyl groups is 1. The van der Waals surface area contributed by atoms with E-state index in [-0.39, 0.29) is 23.4 Å². The van der Waals surface area contributed by atoms with Gasteiger partial charge in [0.25, 0.3) is 0 Å². The van der Waals surface area contributed by atoms with E-state index in [0.717, 1.165) is 56.1 Å². The van der Waals surface area contributed by atoms with E-state index in [1.807, 2.05) is 0 Å². The quantitative estimate of drug-likeness (QED) is 0.230. The maximum Gasteiger partial charge on any atom is 0.171 e. The number of ether oxygens (including phenoxy) is 2. The van der Waals surface area contributed by atoms with E-state index in [1.54, 1.807) is 17.7 Å². The van der Waals surface area contributed by atoms with Crippen molar-refractivity contribution in [3.05, 3.63) is 35.4 Å². The molecule has 7 rings (SSSR count). The summed E-state index contributed by atoms with van der Waals surface area (Å²) < 4.78 is 13.3. The summed E-state index contributed by atoms with van der Waals surface area (Å²) in [6.45, 7) is 12.9. The van der Waals surface area contributed by atoms with Crippen molar-refractivity contribution in [2.45, 2.75) is 143 Å². The molecule has 1 spiro atoms. The number of hydrogen-bond donors (Lipinski definition) is 3. The highest BCUT2D eigenvalue weighted by Gasteiger charge is 2.67. The molecule has 0 bridgehead atoms. The van der Waals surface area contributed by atoms with Crippen molar-refractivity contribution in [2.75, 3.05) is 6.61 Å². The van der Waals surface area contributed by atoms with E-state index >= 15 is 0 Å². The van der Waals surface area contributed by atoms with Gasteiger partial charge in [0.05, 0.1) is 18.8 Å². The smallest absolute Gasteiger partial charge is 0.171 e. The largest absolute Gasteiger partial charge is 0.508 e. The van der Waals surface area contributed by atoms with Crippen LogP contribution in [0.25, 0.3) is 0 Å². The first-order valence-corrected chi connectivity index (χ1v) is 18.2. The number of rotatable bonds is 5. The molecule has 6 aliphatic rings. The molecule has 0 radical (unpaired) electrons. The fraction of sp³-hybridized carbons (Fsp3) is 0.795. The molecular weight excluding hydrogens is 548 g/mol. The topological polar surface area (TPSA) is 79.2 Å². The maximum absolute atomic E-state index is 10.3. The van der Waals surface area contributed by atoms with Crippen molar-refractivity contribution in [1.29, 1.82) is 0 Å². The number of phenols is 2. The van der Waals surface area contributed by atoms with Crippen LogP contribution in [0.5, 0.6) is 11.5 Å². The number of unbranched alkanes of at least 4 members (excludes halogenated alkanes) is 3. The molecule has 0 aromatic heterocycles. The third kappa shape index (κ3) is 5.66. The highest BCUT2D eigenvalue weighted by molar-refractivity contribution is 5.39. The Labute approximate surface area is 266 Å². The van der Waals surface area contributed by atoms with Gasteiger partial charge in [-0.3, -0.25) is 0 Å². The van der Waals surface area contributed by atoms with Gasteiger partial charge < -0.3 is 24.8 Å². The Morgan fingerprint density at radius 3 is 2.50 bits per heavy atom. The third-order valence-corrected chi connectivity index (χ3v) is 13.6. The van der Waals surface area contributed by atoms with E-state index in [9.17, 15) is 10.2 Å². The van der Waals surface area contributed by atoms with Gasteiger partial charge >= 0.3 is 0 Å². The summed E-state index contributed by atoms with van der Waals surface area (Å²) in [4.78, 5) is 0. The molecule has 1 aromatic rings. The van der Waals surface area contributed by atoms with Crippen molar-refractivity contribution in [3.63, 3.8) is 0 Å². The highest BCUT2D eigenvalue weighted by Crippen LogP contribution is 2.69. The summed E-state index contributed by atoms with van der Waals surface area (Å²) in [5.74, 6) is 4.02. The second kappa shape index (κ2) is 12.6. The Balaban J connectivity index is 0.000000208. The number of aryl methyl sites for hydroxylation is 1. The minimum Gasteiger partial charge on any atom is -0.508 e. The zero-order valence-electron chi connectivity index (χ0n) is 28.2. The maximum atomic E-state index is 10.3. The number of benzene rings is 1. The van der Waals surface area contributed by atoms with Crippen LogP contribution in [0.1, 0.15) is 124 Å². The van der Waals surface area contributed by atoms with Crippen LogP contribution < -0.4 is 0 Å². The molecule has 1 aromatic carbocycles. The predicted octanol–water partition coefficient (Wildman–Crippen LogP) is 8.93. The lowest BCUT2D eigenvalue weighted by atomic mass is 9.48. The van der Waals surface area contributed by atoms with Crippen LogP contribution in [0.2, 0.25) is 0 Å². The van der Waals surface area contributed by atoms with Crippen molar-refractivity contribution in [3.8, 4) is 11.5 Å². The van der Waals surface area contributed by atoms with Crippen LogP contribution in [0.3, 0.4) is 0 Å². The molecule has 2 heterocycles. The second-order valence-electron chi connectivity index (χ2n) is 16.3. The summed E-state index contributed by atoms with van der Waals surface area (Å²) in [5, 5.41) is 28.9. The Morgan fingerprint density at radius 1 is 0.955 bits per heavy atom. The number of phenolic OH excluding ortho intramolecular Hbond substituents is 2. The summed E-state index contributed by atoms with van der Waals surface area (Å²) in [5.41, 5.74) is 3.39. The Kier molecular flexibility index (Phi) is 9.25. The molecule has 246 valence electrons. The van der Waals surface area contributed by atoms with Gasteiger partial charge in [-0.15, -0.1) is 0 Å². The summed E-state index contributed by atoms with van der Waals surface area (Å²) in [6, 6.07) is 4.81. The Bertz CT molecular complexity index is 1180. The number of allylic oxidation sites excluding steroid dienone is 2. The molecule has 44 heavy (non-hydrogen) atoms. The predicted molar refractivity (Wildman–Crippen MR) is 175 cm³/mol. The fourth-order valence-electron chi connectivity index (χ4n) is 11.0. The molecule has 4 aliphatic carbocycles. The Morgan fingerprint density at radius 2 is 1.77 bits per heavy atom. The van der Waals surface area contributed by atoms with Crippen LogP contribution in [0, 0.1) is 46.3 Å². The lowest BCUT2D eigenvalue weighted by molar-refractivity contribution is -0.272. The van der Waals surface area contributed by atoms with Gasteiger partial charge in [-0.05, 0) is 116 Å². The molecule has 0 amide bonds. The molecule has 2 aliphatic heterocycles. The number of fused-ring (bicyclic) bond motifs is 7. The minimum absolute atomic E-state index is 0.0661. The first-order valence-electron chi connectivity index (χ1n) is 18.2. The monoisotopic (exact) mass is 608 g/mol. The molecule has 5 heteroatoms. The Hall–Kier alpha value is -1.56. The van der Waals surface area contributed by atoms with Crippen molar-refractivity contribution in [1.82, 2.24) is 0 Å². The van der Waals surface area contributed by atoms with Crippen molar-refractivity contribution < 1.29 is 24.8 Å². The average Bonchev–Trinajstić information content (AvgIpc) is 3.44. The van der Waals surface area contributed by atoms with Gasteiger partial charge in [0.15, 0.2) is 5.79 Å². The first kappa shape index (κ1) is 32.4. The molecule has 3 saturated carbocycles. The van der Waals surface area contributed by atoms with Gasteiger partial charge in [-0.1, -0.05) is 71.6 Å². The molecular formula is C39H60O5. The molecule has 2 saturated heterocycles. The molecule has 5 fully saturated rings. The minimum atomic E-state index is -0.303. The van der Waals surface area contributed by atoms with Crippen LogP contribution in [-0.4, -0.2) is 39.9 Å². The van der Waals surface area contributed by atoms with E-state index in [1.165, 1.54) is 63.9 Å². The van der Waals surface area contributed by atoms with Crippen LogP contribution in [0.4, 0.5) is 0 Å². The van der Waals surface area contributed by atoms with E-state index in [0.29, 0.717) is 40.6 Å². The standard InChI is InChI=1S/C27H42O3.C12H18O2/c1-16-7-12-27(29-15-16)17(2)24-23(30-27)14-22-20-6-5-18-13-19(28)8-10-25(18,3)21(20)9-11-26(22,24)4;1-2-3-4-5-6-10-7-8-11(13)9-12(10)14/h9,16-20,22-24,28H,5-8,10-15H2,1-4H3;7-9,13-14H,2-6H2,1H3. The van der Waals surface area contributed by atoms with Crippen LogP contribution >= 0.6 is 0 Å². The fourth-order valence-corrected chi connectivity index (χ4v) is 11.0. The van der Waals surface area contributed by atoms with Crippen LogP contribution in [0.15, 0.2) is 29.8 Å². The zero-order chi connectivity index (χ0) is 31.3. The molecule has 3 N–H and O–H groups in total. The average molecular weight is 609 g/mol. The van der Waals surface area contributed by atoms with E-state index in [4.69, 9.17) is 14.6 Å². The van der Waals surface area contributed by atoms with Crippen molar-refractivity contribution in [2.24, 2.45) is 46.3 Å². The first-order chi connectivity index (χ1) is 21.0. The van der Waals surface area contributed by atoms with Crippen molar-refractivity contribution >= 4 is 0 Å². The van der Waals surface area contributed by atoms with Gasteiger partial charge in [0.2, 0.25) is 0 Å². The lowest BCUT2D eigenvalue weighted by Crippen LogP contribution is -2.50. The zero-order valence-corrected chi connectivity index (χ0v) is 28.2. The summed E-state index contributed by atoms with van der Waals surface area (Å²) in [7, 11) is 0. The normalized spacial score (nSPS) is 44.1. The van der Waals surface area contributed by atoms with Gasteiger partial charge in [-0.2, -0.15) is 0 Å². The number of aliphatic hydroxyl groups excluding tert-OH is 1. The summed E-state index contributed by atoms with van der Waals surface area (Å²) in [6.07, 6.45) is 19.3. The molecule has 11 unspecified atom stereocenters. The van der Waals surface area contributed by atoms with Gasteiger partial charge in [0.1, 0.15) is 11.5 Å². The molecule has 5 nitrogen and oxygen atoms in total. The van der Waals surface area contributed by atoms with Gasteiger partial charge in [0, 0.05) is 18.4 Å². The van der Waals surface area contributed by atoms with E-state index in [2.05, 4.69) is 40.7 Å². The third-order valence-electron chi connectivity index (χ3n) is 13.6. The van der Waals surface area contributed by atoms with E-state index < -0.39 is 0 Å². The lowest BCUT2D eigenvalue weighted by Gasteiger charge is -2.57. The number of aromatic hydroxyl groups is 2. The molecule has 11 atom stereocenters. The van der Waals surface area contributed by atoms with Gasteiger partial charge in [-0.25, -0.2) is 0 Å². The summed E-state index contributed by atoms with van der Waals surface area (Å²) >= 11 is 0. The highest BCUT2D eigenvalue weighted by atomic mass is 16.7. The number of hydrogen-bond acceptors (Lipinski definition) is 5. The van der Waals surface area contributed by atoms with Crippen LogP contribution in [-0.2, 0) is 15.9 Å².